The van der Waals surface area contributed by atoms with Crippen molar-refractivity contribution in [1.29, 1.82) is 0 Å². The summed E-state index contributed by atoms with van der Waals surface area (Å²) in [5, 5.41) is 0.554. The minimum absolute atomic E-state index is 0.00614. The monoisotopic (exact) mass is 472 g/mol. The molecule has 0 amide bonds. The molecule has 1 saturated carbocycles. The Hall–Kier alpha value is -2.97. The quantitative estimate of drug-likeness (QED) is 0.277. The van der Waals surface area contributed by atoms with E-state index in [0.717, 1.165) is 25.7 Å². The number of carbonyl (C=O) groups is 1. The van der Waals surface area contributed by atoms with Crippen LogP contribution in [0.4, 0.5) is 4.39 Å². The zero-order valence-corrected chi connectivity index (χ0v) is 19.2. The largest absolute Gasteiger partial charge is 0.484 e. The maximum absolute atomic E-state index is 14.6. The fraction of sp³-hybridized carbons (Fsp3) is 0.320. The van der Waals surface area contributed by atoms with Gasteiger partial charge in [0.1, 0.15) is 16.2 Å². The first-order chi connectivity index (χ1) is 15.6. The van der Waals surface area contributed by atoms with Crippen LogP contribution in [0, 0.1) is 11.7 Å². The van der Waals surface area contributed by atoms with E-state index in [1.54, 1.807) is 18.2 Å². The van der Waals surface area contributed by atoms with E-state index in [9.17, 15) is 22.2 Å². The van der Waals surface area contributed by atoms with Gasteiger partial charge in [0.15, 0.2) is 11.6 Å². The molecule has 0 bridgehead atoms. The maximum Gasteiger partial charge on any atom is 0.343 e. The molecule has 0 radical (unpaired) electrons. The lowest BCUT2D eigenvalue weighted by Gasteiger charge is -2.34. The lowest BCUT2D eigenvalue weighted by atomic mass is 9.88. The van der Waals surface area contributed by atoms with Gasteiger partial charge in [0.05, 0.1) is 5.56 Å². The van der Waals surface area contributed by atoms with Crippen LogP contribution in [0.15, 0.2) is 59.5 Å². The van der Waals surface area contributed by atoms with E-state index >= 15 is 0 Å². The molecule has 4 rings (SSSR count). The molecular weight excluding hydrogens is 447 g/mol. The number of hydrogen-bond acceptors (Lipinski definition) is 5. The molecule has 1 N–H and O–H groups in total. The average Bonchev–Trinajstić information content (AvgIpc) is 3.24. The van der Waals surface area contributed by atoms with Gasteiger partial charge in [0.2, 0.25) is 0 Å². The predicted molar refractivity (Wildman–Crippen MR) is 122 cm³/mol. The molecular formula is C25H25FO6S. The third-order valence-corrected chi connectivity index (χ3v) is 7.22. The van der Waals surface area contributed by atoms with Crippen molar-refractivity contribution in [1.82, 2.24) is 0 Å². The highest BCUT2D eigenvalue weighted by Crippen LogP contribution is 2.41. The van der Waals surface area contributed by atoms with E-state index in [-0.39, 0.29) is 33.3 Å². The minimum atomic E-state index is -4.46. The molecule has 8 heteroatoms. The zero-order chi connectivity index (χ0) is 23.8. The van der Waals surface area contributed by atoms with Gasteiger partial charge in [0.25, 0.3) is 10.1 Å². The average molecular weight is 473 g/mol. The molecule has 0 heterocycles. The Kier molecular flexibility index (Phi) is 6.16. The number of benzene rings is 3. The smallest absolute Gasteiger partial charge is 0.343 e. The van der Waals surface area contributed by atoms with Gasteiger partial charge in [-0.15, -0.1) is 0 Å². The second kappa shape index (κ2) is 8.76. The fourth-order valence-corrected chi connectivity index (χ4v) is 5.11. The number of rotatable bonds is 6. The Morgan fingerprint density at radius 2 is 1.67 bits per heavy atom. The van der Waals surface area contributed by atoms with E-state index < -0.39 is 27.5 Å². The minimum Gasteiger partial charge on any atom is -0.484 e. The summed E-state index contributed by atoms with van der Waals surface area (Å²) in [6, 6.07) is 12.7. The van der Waals surface area contributed by atoms with Crippen molar-refractivity contribution < 1.29 is 31.6 Å². The molecule has 0 aromatic heterocycles. The Morgan fingerprint density at radius 1 is 1.00 bits per heavy atom. The third kappa shape index (κ3) is 4.58. The number of halogens is 1. The summed E-state index contributed by atoms with van der Waals surface area (Å²) in [6.45, 7) is 4.09. The topological polar surface area (TPSA) is 89.9 Å². The van der Waals surface area contributed by atoms with Crippen molar-refractivity contribution in [3.8, 4) is 11.5 Å². The zero-order valence-electron chi connectivity index (χ0n) is 18.4. The third-order valence-electron chi connectivity index (χ3n) is 6.31. The molecule has 1 fully saturated rings. The second-order valence-corrected chi connectivity index (χ2v) is 10.0. The molecule has 0 aliphatic heterocycles. The van der Waals surface area contributed by atoms with E-state index in [1.807, 2.05) is 13.8 Å². The van der Waals surface area contributed by atoms with Crippen LogP contribution in [0.1, 0.15) is 49.9 Å². The molecule has 1 aliphatic rings. The van der Waals surface area contributed by atoms with Crippen molar-refractivity contribution in [2.75, 3.05) is 0 Å². The van der Waals surface area contributed by atoms with Crippen LogP contribution in [0.5, 0.6) is 11.5 Å². The van der Waals surface area contributed by atoms with E-state index in [4.69, 9.17) is 9.47 Å². The molecule has 0 spiro atoms. The van der Waals surface area contributed by atoms with Crippen molar-refractivity contribution in [3.63, 3.8) is 0 Å². The number of fused-ring (bicyclic) bond motifs is 1. The van der Waals surface area contributed by atoms with E-state index in [0.29, 0.717) is 5.39 Å². The lowest BCUT2D eigenvalue weighted by molar-refractivity contribution is 0.0250. The molecule has 0 saturated heterocycles. The number of ether oxygens (including phenoxy) is 2. The van der Waals surface area contributed by atoms with Gasteiger partial charge >= 0.3 is 5.97 Å². The Balaban J connectivity index is 1.65. The summed E-state index contributed by atoms with van der Waals surface area (Å²) in [4.78, 5) is 12.6. The predicted octanol–water partition coefficient (Wildman–Crippen LogP) is 5.79. The second-order valence-electron chi connectivity index (χ2n) is 8.65. The molecule has 174 valence electrons. The molecule has 33 heavy (non-hydrogen) atoms. The number of hydrogen-bond donors (Lipinski definition) is 1. The Morgan fingerprint density at radius 3 is 2.30 bits per heavy atom. The molecule has 0 atom stereocenters. The van der Waals surface area contributed by atoms with Crippen LogP contribution < -0.4 is 9.47 Å². The normalized spacial score (nSPS) is 15.7. The number of carbonyl (C=O) groups excluding carboxylic acids is 1. The summed E-state index contributed by atoms with van der Waals surface area (Å²) in [5.41, 5.74) is -0.364. The Labute approximate surface area is 192 Å². The van der Waals surface area contributed by atoms with Gasteiger partial charge in [-0.05, 0) is 61.9 Å². The number of esters is 1. The van der Waals surface area contributed by atoms with Crippen LogP contribution in [0.3, 0.4) is 0 Å². The summed E-state index contributed by atoms with van der Waals surface area (Å²) in [5.74, 6) is -0.991. The van der Waals surface area contributed by atoms with Crippen LogP contribution in [-0.4, -0.2) is 24.5 Å². The van der Waals surface area contributed by atoms with Gasteiger partial charge in [0, 0.05) is 10.8 Å². The fourth-order valence-electron chi connectivity index (χ4n) is 4.41. The van der Waals surface area contributed by atoms with Gasteiger partial charge in [-0.3, -0.25) is 4.55 Å². The summed E-state index contributed by atoms with van der Waals surface area (Å²) < 4.78 is 59.1. The highest BCUT2D eigenvalue weighted by atomic mass is 32.2. The van der Waals surface area contributed by atoms with Gasteiger partial charge in [-0.2, -0.15) is 8.42 Å². The van der Waals surface area contributed by atoms with Crippen molar-refractivity contribution in [2.45, 2.75) is 50.0 Å². The van der Waals surface area contributed by atoms with Crippen molar-refractivity contribution in [2.24, 2.45) is 5.92 Å². The Bertz CT molecular complexity index is 1310. The molecule has 1 aliphatic carbocycles. The first-order valence-corrected chi connectivity index (χ1v) is 12.2. The molecule has 3 aromatic carbocycles. The molecule has 0 unspecified atom stereocenters. The van der Waals surface area contributed by atoms with Crippen LogP contribution in [0.2, 0.25) is 0 Å². The van der Waals surface area contributed by atoms with E-state index in [2.05, 4.69) is 0 Å². The van der Waals surface area contributed by atoms with Crippen molar-refractivity contribution in [3.05, 3.63) is 66.0 Å². The first kappa shape index (κ1) is 23.2. The molecule has 6 nitrogen and oxygen atoms in total. The van der Waals surface area contributed by atoms with Crippen molar-refractivity contribution >= 4 is 26.9 Å². The van der Waals surface area contributed by atoms with Crippen LogP contribution in [0.25, 0.3) is 10.8 Å². The lowest BCUT2D eigenvalue weighted by Crippen LogP contribution is -2.38. The first-order valence-electron chi connectivity index (χ1n) is 10.8. The maximum atomic E-state index is 14.6. The highest BCUT2D eigenvalue weighted by Gasteiger charge is 2.39. The SMILES string of the molecule is CC(C)C1(Oc2cc(C(=O)Oc3ccc(S(=O)(=O)O)c4ccccc34)ccc2F)CCCC1. The summed E-state index contributed by atoms with van der Waals surface area (Å²) >= 11 is 0. The highest BCUT2D eigenvalue weighted by molar-refractivity contribution is 7.86. The van der Waals surface area contributed by atoms with Gasteiger partial charge in [-0.25, -0.2) is 9.18 Å². The van der Waals surface area contributed by atoms with Gasteiger partial charge in [-0.1, -0.05) is 38.1 Å². The summed E-state index contributed by atoms with van der Waals surface area (Å²) in [6.07, 6.45) is 3.66. The summed E-state index contributed by atoms with van der Waals surface area (Å²) in [7, 11) is -4.46. The van der Waals surface area contributed by atoms with Gasteiger partial charge < -0.3 is 9.47 Å². The molecule has 3 aromatic rings. The standard InChI is InChI=1S/C25H25FO6S/c1-16(2)25(13-5-6-14-25)32-22-15-17(9-10-20(22)26)24(27)31-21-11-12-23(33(28,29)30)19-8-4-3-7-18(19)21/h3-4,7-12,15-16H,5-6,13-14H2,1-2H3,(H,28,29,30). The van der Waals surface area contributed by atoms with Crippen LogP contribution in [-0.2, 0) is 10.1 Å². The van der Waals surface area contributed by atoms with Crippen LogP contribution >= 0.6 is 0 Å². The van der Waals surface area contributed by atoms with E-state index in [1.165, 1.54) is 36.4 Å².